The molecule has 0 aliphatic carbocycles. The Morgan fingerprint density at radius 1 is 1.06 bits per heavy atom. The molecule has 0 spiro atoms. The Kier molecular flexibility index (Phi) is 12.8. The fourth-order valence-electron chi connectivity index (χ4n) is 4.26. The van der Waals surface area contributed by atoms with E-state index in [1.54, 1.807) is 0 Å². The van der Waals surface area contributed by atoms with Crippen LogP contribution in [0.1, 0.15) is 86.5 Å². The van der Waals surface area contributed by atoms with Crippen LogP contribution in [0, 0.1) is 0 Å². The maximum atomic E-state index is 12.7. The van der Waals surface area contributed by atoms with Gasteiger partial charge in [-0.3, -0.25) is 0 Å². The third-order valence-electron chi connectivity index (χ3n) is 7.35. The third kappa shape index (κ3) is 8.69. The molecule has 1 aliphatic rings. The number of cyclic esters (lactones) is 1. The molecule has 0 saturated carbocycles. The van der Waals surface area contributed by atoms with Crippen LogP contribution >= 0.6 is 0 Å². The summed E-state index contributed by atoms with van der Waals surface area (Å²) in [5, 5.41) is 0.227. The summed E-state index contributed by atoms with van der Waals surface area (Å²) < 4.78 is 17.4. The maximum absolute atomic E-state index is 12.7. The van der Waals surface area contributed by atoms with Crippen molar-refractivity contribution in [1.29, 1.82) is 0 Å². The number of unbranched alkanes of at least 4 members (excludes halogenated alkanes) is 3. The molecule has 1 amide bonds. The predicted molar refractivity (Wildman–Crippen MR) is 139 cm³/mol. The molecular formula is C25H51NO3SiSn. The Labute approximate surface area is 198 Å². The van der Waals surface area contributed by atoms with E-state index in [2.05, 4.69) is 60.7 Å². The number of hydrogen-bond acceptors (Lipinski definition) is 3. The first-order valence-corrected chi connectivity index (χ1v) is 23.2. The van der Waals surface area contributed by atoms with Gasteiger partial charge in [0.05, 0.1) is 0 Å². The minimum absolute atomic E-state index is 0.109. The Balaban J connectivity index is 3.20. The van der Waals surface area contributed by atoms with Crippen molar-refractivity contribution in [2.45, 2.75) is 118 Å². The van der Waals surface area contributed by atoms with Crippen molar-refractivity contribution in [2.75, 3.05) is 19.8 Å². The molecule has 1 saturated heterocycles. The van der Waals surface area contributed by atoms with Crippen LogP contribution in [0.4, 0.5) is 4.79 Å². The number of carbonyl (C=O) groups excluding carboxylic acids is 1. The van der Waals surface area contributed by atoms with E-state index in [1.165, 1.54) is 55.5 Å². The fraction of sp³-hybridized carbons (Fsp3) is 0.880. The zero-order chi connectivity index (χ0) is 23.5. The van der Waals surface area contributed by atoms with Gasteiger partial charge in [-0.1, -0.05) is 0 Å². The molecule has 182 valence electrons. The average molecular weight is 560 g/mol. The standard InChI is InChI=1S/C13H24NO3Si.3C4H9.Sn/c1-13(2,3)18(4,5)17-10-7-6-8-14-9-11-16-12(14)15;3*1-3-4-2;/h6H,7,9-11H2,1-5H3;3*1,3-4H2,2H3;. The summed E-state index contributed by atoms with van der Waals surface area (Å²) in [6.45, 7) is 20.5. The Bertz CT molecular complexity index is 550. The quantitative estimate of drug-likeness (QED) is 0.150. The minimum atomic E-state index is -2.74. The van der Waals surface area contributed by atoms with Crippen LogP contribution < -0.4 is 0 Å². The van der Waals surface area contributed by atoms with Gasteiger partial charge < -0.3 is 0 Å². The SMILES string of the molecule is CCC[CH2][Sn]([CH2]CCC)([CH2]CCC)/[C](=C/CCO[Si](C)(C)C(C)(C)C)N1CCOC1=O. The summed E-state index contributed by atoms with van der Waals surface area (Å²) in [6.07, 6.45) is 10.8. The summed E-state index contributed by atoms with van der Waals surface area (Å²) >= 11 is -2.74. The zero-order valence-corrected chi connectivity index (χ0v) is 25.8. The van der Waals surface area contributed by atoms with Crippen molar-refractivity contribution in [3.8, 4) is 0 Å². The van der Waals surface area contributed by atoms with Crippen LogP contribution in [0.2, 0.25) is 31.4 Å². The number of amides is 1. The van der Waals surface area contributed by atoms with Crippen LogP contribution in [-0.2, 0) is 9.16 Å². The molecule has 4 nitrogen and oxygen atoms in total. The van der Waals surface area contributed by atoms with Gasteiger partial charge in [0.25, 0.3) is 0 Å². The van der Waals surface area contributed by atoms with Crippen LogP contribution in [-0.4, -0.2) is 57.4 Å². The van der Waals surface area contributed by atoms with E-state index in [9.17, 15) is 4.79 Å². The van der Waals surface area contributed by atoms with Gasteiger partial charge in [0, 0.05) is 0 Å². The molecular weight excluding hydrogens is 509 g/mol. The molecule has 1 rings (SSSR count). The van der Waals surface area contributed by atoms with Gasteiger partial charge in [-0.15, -0.1) is 0 Å². The van der Waals surface area contributed by atoms with E-state index in [0.29, 0.717) is 6.61 Å². The molecule has 0 radical (unpaired) electrons. The molecule has 0 N–H and O–H groups in total. The molecule has 0 aromatic heterocycles. The van der Waals surface area contributed by atoms with Crippen LogP contribution in [0.25, 0.3) is 0 Å². The van der Waals surface area contributed by atoms with Crippen molar-refractivity contribution in [1.82, 2.24) is 4.90 Å². The topological polar surface area (TPSA) is 38.8 Å². The molecule has 1 aliphatic heterocycles. The Hall–Kier alpha value is -0.0144. The van der Waals surface area contributed by atoms with Crippen molar-refractivity contribution in [2.24, 2.45) is 0 Å². The van der Waals surface area contributed by atoms with E-state index in [-0.39, 0.29) is 11.1 Å². The third-order valence-corrected chi connectivity index (χ3v) is 27.6. The number of nitrogens with zero attached hydrogens (tertiary/aromatic N) is 1. The first-order valence-electron chi connectivity index (χ1n) is 12.8. The Morgan fingerprint density at radius 3 is 1.97 bits per heavy atom. The summed E-state index contributed by atoms with van der Waals surface area (Å²) in [5.74, 6) is 0. The Morgan fingerprint density at radius 2 is 1.58 bits per heavy atom. The van der Waals surface area contributed by atoms with Crippen molar-refractivity contribution in [3.05, 3.63) is 9.79 Å². The van der Waals surface area contributed by atoms with Gasteiger partial charge in [-0.25, -0.2) is 0 Å². The van der Waals surface area contributed by atoms with Gasteiger partial charge in [-0.05, 0) is 0 Å². The van der Waals surface area contributed by atoms with Gasteiger partial charge in [-0.2, -0.15) is 0 Å². The van der Waals surface area contributed by atoms with Gasteiger partial charge in [0.15, 0.2) is 0 Å². The molecule has 31 heavy (non-hydrogen) atoms. The van der Waals surface area contributed by atoms with Crippen LogP contribution in [0.15, 0.2) is 9.79 Å². The second kappa shape index (κ2) is 13.6. The zero-order valence-electron chi connectivity index (χ0n) is 21.9. The first-order chi connectivity index (χ1) is 14.5. The molecule has 6 heteroatoms. The summed E-state index contributed by atoms with van der Waals surface area (Å²) in [4.78, 5) is 14.7. The molecule has 0 atom stereocenters. The summed E-state index contributed by atoms with van der Waals surface area (Å²) in [6, 6.07) is 0. The molecule has 1 fully saturated rings. The first kappa shape index (κ1) is 29.0. The number of carbonyl (C=O) groups is 1. The second-order valence-electron chi connectivity index (χ2n) is 10.8. The molecule has 1 heterocycles. The van der Waals surface area contributed by atoms with Gasteiger partial charge in [0.1, 0.15) is 0 Å². The van der Waals surface area contributed by atoms with E-state index in [4.69, 9.17) is 9.16 Å². The normalized spacial score (nSPS) is 16.2. The van der Waals surface area contributed by atoms with Gasteiger partial charge in [0.2, 0.25) is 0 Å². The summed E-state index contributed by atoms with van der Waals surface area (Å²) in [5.41, 5.74) is 0. The molecule has 0 aromatic rings. The van der Waals surface area contributed by atoms with E-state index < -0.39 is 26.7 Å². The van der Waals surface area contributed by atoms with Gasteiger partial charge >= 0.3 is 199 Å². The molecule has 0 aromatic carbocycles. The van der Waals surface area contributed by atoms with Crippen LogP contribution in [0.5, 0.6) is 0 Å². The van der Waals surface area contributed by atoms with Crippen LogP contribution in [0.3, 0.4) is 0 Å². The van der Waals surface area contributed by atoms with E-state index in [1.807, 2.05) is 4.90 Å². The number of hydrogen-bond donors (Lipinski definition) is 0. The number of ether oxygens (including phenoxy) is 1. The second-order valence-corrected chi connectivity index (χ2v) is 28.7. The predicted octanol–water partition coefficient (Wildman–Crippen LogP) is 8.12. The van der Waals surface area contributed by atoms with Crippen molar-refractivity contribution in [3.63, 3.8) is 0 Å². The van der Waals surface area contributed by atoms with Crippen molar-refractivity contribution >= 4 is 32.8 Å². The average Bonchev–Trinajstić information content (AvgIpc) is 3.12. The fourth-order valence-corrected chi connectivity index (χ4v) is 22.3. The molecule has 0 bridgehead atoms. The number of rotatable bonds is 15. The van der Waals surface area contributed by atoms with E-state index in [0.717, 1.165) is 19.6 Å². The summed E-state index contributed by atoms with van der Waals surface area (Å²) in [7, 11) is -1.75. The monoisotopic (exact) mass is 561 g/mol. The van der Waals surface area contributed by atoms with Crippen molar-refractivity contribution < 1.29 is 14.0 Å². The molecule has 0 unspecified atom stereocenters. The van der Waals surface area contributed by atoms with E-state index >= 15 is 0 Å².